The number of hydrogen-bond donors (Lipinski definition) is 1. The second-order valence-corrected chi connectivity index (χ2v) is 6.64. The Morgan fingerprint density at radius 1 is 1.32 bits per heavy atom. The lowest BCUT2D eigenvalue weighted by Gasteiger charge is -2.34. The van der Waals surface area contributed by atoms with Crippen molar-refractivity contribution in [2.75, 3.05) is 26.3 Å². The van der Waals surface area contributed by atoms with Crippen LogP contribution in [0.25, 0.3) is 0 Å². The fourth-order valence-corrected chi connectivity index (χ4v) is 3.45. The molecule has 3 rings (SSSR count). The summed E-state index contributed by atoms with van der Waals surface area (Å²) in [7, 11) is 0. The zero-order chi connectivity index (χ0) is 18.0. The maximum absolute atomic E-state index is 13.7. The Morgan fingerprint density at radius 2 is 2.12 bits per heavy atom. The number of morpholine rings is 1. The standard InChI is InChI=1S/C17H19ClFNO5/c18-13-2-1-10(7-14(13)19)16-12(3-5-25-16)17(23)20-4-6-24-11(9-20)8-15(21)22/h1-2,7,11-12,16H,3-6,8-9H2,(H,21,22)/t11?,12-,16+/m1/s1. The van der Waals surface area contributed by atoms with E-state index in [1.165, 1.54) is 12.1 Å². The van der Waals surface area contributed by atoms with Gasteiger partial charge < -0.3 is 19.5 Å². The molecule has 0 aromatic heterocycles. The van der Waals surface area contributed by atoms with Gasteiger partial charge in [0.1, 0.15) is 5.82 Å². The predicted octanol–water partition coefficient (Wildman–Crippen LogP) is 2.26. The minimum absolute atomic E-state index is 0.0225. The van der Waals surface area contributed by atoms with Crippen molar-refractivity contribution in [2.45, 2.75) is 25.0 Å². The van der Waals surface area contributed by atoms with Gasteiger partial charge in [-0.25, -0.2) is 4.39 Å². The van der Waals surface area contributed by atoms with E-state index < -0.39 is 29.9 Å². The van der Waals surface area contributed by atoms with Crippen LogP contribution in [0.4, 0.5) is 4.39 Å². The van der Waals surface area contributed by atoms with Gasteiger partial charge in [0.15, 0.2) is 0 Å². The Hall–Kier alpha value is -1.70. The summed E-state index contributed by atoms with van der Waals surface area (Å²) in [5, 5.41) is 8.91. The normalized spacial score (nSPS) is 26.6. The number of aliphatic carboxylic acids is 1. The van der Waals surface area contributed by atoms with Gasteiger partial charge in [0.25, 0.3) is 0 Å². The van der Waals surface area contributed by atoms with Gasteiger partial charge >= 0.3 is 5.97 Å². The highest BCUT2D eigenvalue weighted by Gasteiger charge is 2.39. The molecule has 1 unspecified atom stereocenters. The van der Waals surface area contributed by atoms with E-state index in [0.29, 0.717) is 31.7 Å². The first kappa shape index (κ1) is 18.1. The highest BCUT2D eigenvalue weighted by atomic mass is 35.5. The molecule has 6 nitrogen and oxygen atoms in total. The number of ether oxygens (including phenoxy) is 2. The van der Waals surface area contributed by atoms with Crippen LogP contribution < -0.4 is 0 Å². The quantitative estimate of drug-likeness (QED) is 0.878. The molecule has 2 heterocycles. The number of rotatable bonds is 4. The predicted molar refractivity (Wildman–Crippen MR) is 86.8 cm³/mol. The van der Waals surface area contributed by atoms with E-state index >= 15 is 0 Å². The van der Waals surface area contributed by atoms with Crippen molar-refractivity contribution in [3.05, 3.63) is 34.6 Å². The van der Waals surface area contributed by atoms with Gasteiger partial charge in [-0.05, 0) is 24.1 Å². The topological polar surface area (TPSA) is 76.1 Å². The summed E-state index contributed by atoms with van der Waals surface area (Å²) in [6, 6.07) is 4.41. The molecule has 2 fully saturated rings. The summed E-state index contributed by atoms with van der Waals surface area (Å²) >= 11 is 5.71. The first-order valence-corrected chi connectivity index (χ1v) is 8.52. The molecule has 136 valence electrons. The van der Waals surface area contributed by atoms with Crippen molar-refractivity contribution in [3.63, 3.8) is 0 Å². The van der Waals surface area contributed by atoms with Gasteiger partial charge in [0.2, 0.25) is 5.91 Å². The van der Waals surface area contributed by atoms with E-state index in [0.717, 1.165) is 0 Å². The summed E-state index contributed by atoms with van der Waals surface area (Å²) in [6.45, 7) is 1.36. The van der Waals surface area contributed by atoms with Crippen LogP contribution >= 0.6 is 11.6 Å². The molecule has 3 atom stereocenters. The smallest absolute Gasteiger partial charge is 0.306 e. The van der Waals surface area contributed by atoms with E-state index in [4.69, 9.17) is 26.2 Å². The fourth-order valence-electron chi connectivity index (χ4n) is 3.33. The number of carbonyl (C=O) groups is 2. The number of halogens is 2. The number of carboxylic acid groups (broad SMARTS) is 1. The molecule has 2 aliphatic rings. The zero-order valence-electron chi connectivity index (χ0n) is 13.5. The lowest BCUT2D eigenvalue weighted by atomic mass is 9.93. The van der Waals surface area contributed by atoms with Crippen LogP contribution in [0, 0.1) is 11.7 Å². The molecule has 1 aromatic carbocycles. The van der Waals surface area contributed by atoms with Crippen molar-refractivity contribution in [1.82, 2.24) is 4.90 Å². The third-order valence-electron chi connectivity index (χ3n) is 4.53. The van der Waals surface area contributed by atoms with Crippen molar-refractivity contribution >= 4 is 23.5 Å². The number of carbonyl (C=O) groups excluding carboxylic acids is 1. The molecule has 2 aliphatic heterocycles. The molecule has 8 heteroatoms. The molecule has 1 aromatic rings. The molecular formula is C17H19ClFNO5. The van der Waals surface area contributed by atoms with Crippen LogP contribution in [0.3, 0.4) is 0 Å². The molecule has 0 radical (unpaired) electrons. The Balaban J connectivity index is 1.72. The van der Waals surface area contributed by atoms with Crippen LogP contribution in [0.5, 0.6) is 0 Å². The summed E-state index contributed by atoms with van der Waals surface area (Å²) < 4.78 is 24.8. The Kier molecular flexibility index (Phi) is 5.56. The second kappa shape index (κ2) is 7.68. The van der Waals surface area contributed by atoms with Crippen LogP contribution in [0.1, 0.15) is 24.5 Å². The minimum Gasteiger partial charge on any atom is -0.481 e. The van der Waals surface area contributed by atoms with Crippen molar-refractivity contribution < 1.29 is 28.6 Å². The van der Waals surface area contributed by atoms with Gasteiger partial charge in [0, 0.05) is 19.7 Å². The molecule has 0 saturated carbocycles. The Bertz CT molecular complexity index is 670. The third-order valence-corrected chi connectivity index (χ3v) is 4.84. The molecule has 0 spiro atoms. The van der Waals surface area contributed by atoms with E-state index in [1.54, 1.807) is 11.0 Å². The highest BCUT2D eigenvalue weighted by Crippen LogP contribution is 2.37. The average molecular weight is 372 g/mol. The van der Waals surface area contributed by atoms with Gasteiger partial charge in [-0.3, -0.25) is 9.59 Å². The number of amides is 1. The zero-order valence-corrected chi connectivity index (χ0v) is 14.2. The number of benzene rings is 1. The number of carboxylic acids is 1. The Labute approximate surface area is 149 Å². The largest absolute Gasteiger partial charge is 0.481 e. The average Bonchev–Trinajstić information content (AvgIpc) is 3.06. The van der Waals surface area contributed by atoms with Crippen molar-refractivity contribution in [1.29, 1.82) is 0 Å². The van der Waals surface area contributed by atoms with Crippen LogP contribution in [-0.4, -0.2) is 54.3 Å². The van der Waals surface area contributed by atoms with Crippen molar-refractivity contribution in [3.8, 4) is 0 Å². The number of nitrogens with zero attached hydrogens (tertiary/aromatic N) is 1. The second-order valence-electron chi connectivity index (χ2n) is 6.24. The fraction of sp³-hybridized carbons (Fsp3) is 0.529. The molecule has 2 saturated heterocycles. The first-order valence-electron chi connectivity index (χ1n) is 8.14. The van der Waals surface area contributed by atoms with Gasteiger partial charge in [-0.15, -0.1) is 0 Å². The maximum Gasteiger partial charge on any atom is 0.306 e. The SMILES string of the molecule is O=C(O)CC1CN(C(=O)[C@@H]2CCO[C@H]2c2ccc(Cl)c(F)c2)CCO1. The molecule has 0 aliphatic carbocycles. The van der Waals surface area contributed by atoms with Gasteiger partial charge in [0.05, 0.1) is 36.2 Å². The summed E-state index contributed by atoms with van der Waals surface area (Å²) in [5.41, 5.74) is 0.577. The molecular weight excluding hydrogens is 353 g/mol. The lowest BCUT2D eigenvalue weighted by Crippen LogP contribution is -2.48. The van der Waals surface area contributed by atoms with E-state index in [2.05, 4.69) is 0 Å². The summed E-state index contributed by atoms with van der Waals surface area (Å²) in [4.78, 5) is 25.4. The minimum atomic E-state index is -0.960. The van der Waals surface area contributed by atoms with E-state index in [-0.39, 0.29) is 23.9 Å². The maximum atomic E-state index is 13.7. The third kappa shape index (κ3) is 4.11. The molecule has 1 N–H and O–H groups in total. The molecule has 0 bridgehead atoms. The van der Waals surface area contributed by atoms with Gasteiger partial charge in [-0.1, -0.05) is 17.7 Å². The molecule has 1 amide bonds. The van der Waals surface area contributed by atoms with E-state index in [9.17, 15) is 14.0 Å². The van der Waals surface area contributed by atoms with Crippen LogP contribution in [0.15, 0.2) is 18.2 Å². The van der Waals surface area contributed by atoms with E-state index in [1.807, 2.05) is 0 Å². The highest BCUT2D eigenvalue weighted by molar-refractivity contribution is 6.30. The summed E-state index contributed by atoms with van der Waals surface area (Å²) in [5.74, 6) is -2.05. The number of hydrogen-bond acceptors (Lipinski definition) is 4. The Morgan fingerprint density at radius 3 is 2.84 bits per heavy atom. The van der Waals surface area contributed by atoms with Crippen LogP contribution in [0.2, 0.25) is 5.02 Å². The summed E-state index contributed by atoms with van der Waals surface area (Å²) in [6.07, 6.45) is -0.644. The van der Waals surface area contributed by atoms with Gasteiger partial charge in [-0.2, -0.15) is 0 Å². The first-order chi connectivity index (χ1) is 12.0. The monoisotopic (exact) mass is 371 g/mol. The molecule has 25 heavy (non-hydrogen) atoms. The lowest BCUT2D eigenvalue weighted by molar-refractivity contribution is -0.151. The van der Waals surface area contributed by atoms with Crippen LogP contribution in [-0.2, 0) is 19.1 Å². The van der Waals surface area contributed by atoms with Crippen molar-refractivity contribution in [2.24, 2.45) is 5.92 Å².